The smallest absolute Gasteiger partial charge is 0.243 e. The van der Waals surface area contributed by atoms with Crippen molar-refractivity contribution in [2.45, 2.75) is 37.2 Å². The van der Waals surface area contributed by atoms with Crippen molar-refractivity contribution in [3.63, 3.8) is 0 Å². The number of nitrogens with one attached hydrogen (secondary N) is 1. The lowest BCUT2D eigenvalue weighted by atomic mass is 10.2. The van der Waals surface area contributed by atoms with E-state index in [9.17, 15) is 8.42 Å². The van der Waals surface area contributed by atoms with Crippen LogP contribution in [0.15, 0.2) is 46.7 Å². The highest BCUT2D eigenvalue weighted by Crippen LogP contribution is 2.20. The van der Waals surface area contributed by atoms with Gasteiger partial charge in [0.2, 0.25) is 10.0 Å². The Kier molecular flexibility index (Phi) is 5.48. The fourth-order valence-electron chi connectivity index (χ4n) is 2.78. The zero-order valence-electron chi connectivity index (χ0n) is 13.1. The van der Waals surface area contributed by atoms with Crippen molar-refractivity contribution in [3.05, 3.63) is 52.2 Å². The zero-order chi connectivity index (χ0) is 16.1. The van der Waals surface area contributed by atoms with Gasteiger partial charge < -0.3 is 5.32 Å². The molecule has 0 aliphatic carbocycles. The highest BCUT2D eigenvalue weighted by Gasteiger charge is 2.25. The molecule has 0 spiro atoms. The van der Waals surface area contributed by atoms with Crippen LogP contribution in [0.4, 0.5) is 0 Å². The van der Waals surface area contributed by atoms with Gasteiger partial charge in [-0.25, -0.2) is 8.42 Å². The van der Waals surface area contributed by atoms with Crippen LogP contribution in [0.1, 0.15) is 29.7 Å². The Hall–Kier alpha value is -1.21. The van der Waals surface area contributed by atoms with Gasteiger partial charge in [0.15, 0.2) is 0 Å². The molecular weight excluding hydrogens is 328 g/mol. The largest absolute Gasteiger partial charge is 0.308 e. The number of nitrogens with zero attached hydrogens (tertiary/aromatic N) is 1. The maximum atomic E-state index is 12.6. The molecular formula is C17H22N2O2S2. The molecule has 0 atom stereocenters. The molecule has 3 rings (SSSR count). The number of piperidine rings is 1. The van der Waals surface area contributed by atoms with Crippen LogP contribution in [0.5, 0.6) is 0 Å². The minimum absolute atomic E-state index is 0.404. The molecule has 124 valence electrons. The van der Waals surface area contributed by atoms with E-state index in [-0.39, 0.29) is 0 Å². The fraction of sp³-hybridized carbons (Fsp3) is 0.412. The van der Waals surface area contributed by atoms with Gasteiger partial charge in [-0.1, -0.05) is 24.6 Å². The van der Waals surface area contributed by atoms with Crippen LogP contribution in [0, 0.1) is 0 Å². The summed E-state index contributed by atoms with van der Waals surface area (Å²) in [5.41, 5.74) is 1.10. The number of benzene rings is 1. The Labute approximate surface area is 142 Å². The van der Waals surface area contributed by atoms with Gasteiger partial charge in [-0.2, -0.15) is 4.31 Å². The third kappa shape index (κ3) is 4.20. The van der Waals surface area contributed by atoms with Crippen molar-refractivity contribution in [1.82, 2.24) is 9.62 Å². The summed E-state index contributed by atoms with van der Waals surface area (Å²) in [7, 11) is -3.32. The standard InChI is InChI=1S/C17H22N2O2S2/c20-23(21,19-10-2-1-3-11-19)17-8-6-15(7-9-17)13-18-14-16-5-4-12-22-16/h4-9,12,18H,1-3,10-11,13-14H2. The highest BCUT2D eigenvalue weighted by atomic mass is 32.2. The maximum Gasteiger partial charge on any atom is 0.243 e. The van der Waals surface area contributed by atoms with E-state index < -0.39 is 10.0 Å². The van der Waals surface area contributed by atoms with Gasteiger partial charge in [0.1, 0.15) is 0 Å². The summed E-state index contributed by atoms with van der Waals surface area (Å²) in [5.74, 6) is 0. The first-order chi connectivity index (χ1) is 11.2. The molecule has 23 heavy (non-hydrogen) atoms. The molecule has 0 radical (unpaired) electrons. The van der Waals surface area contributed by atoms with Crippen molar-refractivity contribution in [2.24, 2.45) is 0 Å². The first kappa shape index (κ1) is 16.6. The molecule has 0 saturated carbocycles. The van der Waals surface area contributed by atoms with Crippen molar-refractivity contribution in [3.8, 4) is 0 Å². The van der Waals surface area contributed by atoms with E-state index in [1.807, 2.05) is 18.2 Å². The summed E-state index contributed by atoms with van der Waals surface area (Å²) in [6.07, 6.45) is 3.05. The molecule has 1 aromatic carbocycles. The van der Waals surface area contributed by atoms with E-state index in [0.29, 0.717) is 18.0 Å². The average molecular weight is 351 g/mol. The van der Waals surface area contributed by atoms with E-state index in [0.717, 1.165) is 37.9 Å². The number of rotatable bonds is 6. The maximum absolute atomic E-state index is 12.6. The average Bonchev–Trinajstić information content (AvgIpc) is 3.10. The summed E-state index contributed by atoms with van der Waals surface area (Å²) >= 11 is 1.73. The number of hydrogen-bond donors (Lipinski definition) is 1. The Morgan fingerprint density at radius 1 is 1.00 bits per heavy atom. The molecule has 2 heterocycles. The molecule has 2 aromatic rings. The molecule has 1 aliphatic rings. The lowest BCUT2D eigenvalue weighted by Gasteiger charge is -2.25. The summed E-state index contributed by atoms with van der Waals surface area (Å²) in [6.45, 7) is 2.87. The Morgan fingerprint density at radius 2 is 1.74 bits per heavy atom. The number of sulfonamides is 1. The van der Waals surface area contributed by atoms with Crippen molar-refractivity contribution < 1.29 is 8.42 Å². The zero-order valence-corrected chi connectivity index (χ0v) is 14.7. The fourth-order valence-corrected chi connectivity index (χ4v) is 4.97. The van der Waals surface area contributed by atoms with Crippen molar-refractivity contribution in [2.75, 3.05) is 13.1 Å². The molecule has 1 aromatic heterocycles. The van der Waals surface area contributed by atoms with Crippen LogP contribution in [-0.2, 0) is 23.1 Å². The molecule has 1 fully saturated rings. The Morgan fingerprint density at radius 3 is 2.39 bits per heavy atom. The van der Waals surface area contributed by atoms with Crippen molar-refractivity contribution in [1.29, 1.82) is 0 Å². The van der Waals surface area contributed by atoms with Gasteiger partial charge in [-0.15, -0.1) is 11.3 Å². The molecule has 1 aliphatic heterocycles. The summed E-state index contributed by atoms with van der Waals surface area (Å²) in [4.78, 5) is 1.70. The highest BCUT2D eigenvalue weighted by molar-refractivity contribution is 7.89. The predicted molar refractivity (Wildman–Crippen MR) is 93.9 cm³/mol. The van der Waals surface area contributed by atoms with Crippen LogP contribution in [0.25, 0.3) is 0 Å². The minimum atomic E-state index is -3.32. The number of hydrogen-bond acceptors (Lipinski definition) is 4. The molecule has 0 bridgehead atoms. The normalized spacial score (nSPS) is 16.5. The molecule has 6 heteroatoms. The van der Waals surface area contributed by atoms with E-state index in [1.54, 1.807) is 27.8 Å². The summed E-state index contributed by atoms with van der Waals surface area (Å²) in [5, 5.41) is 5.44. The minimum Gasteiger partial charge on any atom is -0.308 e. The van der Waals surface area contributed by atoms with Crippen LogP contribution < -0.4 is 5.32 Å². The second-order valence-corrected chi connectivity index (χ2v) is 8.76. The van der Waals surface area contributed by atoms with E-state index >= 15 is 0 Å². The lowest BCUT2D eigenvalue weighted by Crippen LogP contribution is -2.35. The van der Waals surface area contributed by atoms with Crippen molar-refractivity contribution >= 4 is 21.4 Å². The van der Waals surface area contributed by atoms with E-state index in [2.05, 4.69) is 16.8 Å². The van der Waals surface area contributed by atoms with Crippen LogP contribution in [0.2, 0.25) is 0 Å². The first-order valence-corrected chi connectivity index (χ1v) is 10.3. The SMILES string of the molecule is O=S(=O)(c1ccc(CNCc2cccs2)cc1)N1CCCCC1. The molecule has 1 saturated heterocycles. The van der Waals surface area contributed by atoms with Gasteiger partial charge in [-0.3, -0.25) is 0 Å². The second kappa shape index (κ2) is 7.57. The summed E-state index contributed by atoms with van der Waals surface area (Å²) < 4.78 is 26.8. The molecule has 4 nitrogen and oxygen atoms in total. The third-order valence-corrected chi connectivity index (χ3v) is 6.87. The van der Waals surface area contributed by atoms with Gasteiger partial charge in [0.05, 0.1) is 4.90 Å². The molecule has 1 N–H and O–H groups in total. The van der Waals surface area contributed by atoms with Gasteiger partial charge in [-0.05, 0) is 42.0 Å². The van der Waals surface area contributed by atoms with E-state index in [1.165, 1.54) is 4.88 Å². The topological polar surface area (TPSA) is 49.4 Å². The second-order valence-electron chi connectivity index (χ2n) is 5.79. The molecule has 0 unspecified atom stereocenters. The lowest BCUT2D eigenvalue weighted by molar-refractivity contribution is 0.346. The first-order valence-electron chi connectivity index (χ1n) is 7.98. The van der Waals surface area contributed by atoms with Crippen LogP contribution >= 0.6 is 11.3 Å². The third-order valence-electron chi connectivity index (χ3n) is 4.08. The summed E-state index contributed by atoms with van der Waals surface area (Å²) in [6, 6.07) is 11.4. The molecule has 0 amide bonds. The van der Waals surface area contributed by atoms with E-state index in [4.69, 9.17) is 0 Å². The Bertz CT molecular complexity index is 704. The van der Waals surface area contributed by atoms with Gasteiger partial charge >= 0.3 is 0 Å². The van der Waals surface area contributed by atoms with Crippen LogP contribution in [-0.4, -0.2) is 25.8 Å². The number of thiophene rings is 1. The monoisotopic (exact) mass is 350 g/mol. The van der Waals surface area contributed by atoms with Gasteiger partial charge in [0, 0.05) is 31.1 Å². The van der Waals surface area contributed by atoms with Crippen LogP contribution in [0.3, 0.4) is 0 Å². The quantitative estimate of drug-likeness (QED) is 0.870. The Balaban J connectivity index is 1.59. The predicted octanol–water partition coefficient (Wildman–Crippen LogP) is 3.21. The van der Waals surface area contributed by atoms with Gasteiger partial charge in [0.25, 0.3) is 0 Å².